The maximum Gasteiger partial charge on any atom is 0.223 e. The van der Waals surface area contributed by atoms with E-state index in [4.69, 9.17) is 22.1 Å². The number of nitrogens with zero attached hydrogens (tertiary/aromatic N) is 3. The Morgan fingerprint density at radius 1 is 1.25 bits per heavy atom. The lowest BCUT2D eigenvalue weighted by atomic mass is 10.0. The van der Waals surface area contributed by atoms with Gasteiger partial charge in [0, 0.05) is 25.7 Å². The summed E-state index contributed by atoms with van der Waals surface area (Å²) in [6.07, 6.45) is 0. The second-order valence-electron chi connectivity index (χ2n) is 5.89. The molecule has 0 amide bonds. The topological polar surface area (TPSA) is 76.3 Å². The molecule has 0 spiro atoms. The van der Waals surface area contributed by atoms with Crippen LogP contribution in [-0.2, 0) is 4.74 Å². The molecule has 2 aromatic rings. The minimum atomic E-state index is 0.170. The molecule has 1 aliphatic rings. The zero-order valence-electron chi connectivity index (χ0n) is 13.7. The molecule has 1 aromatic carbocycles. The number of aromatic nitrogens is 2. The van der Waals surface area contributed by atoms with Gasteiger partial charge in [-0.05, 0) is 12.5 Å². The molecule has 0 saturated carbocycles. The SMILES string of the molecule is Cc1ccc(C(CNc2cc(Cl)nc(N)n2)N2CCOCC2)cc1. The van der Waals surface area contributed by atoms with Crippen molar-refractivity contribution in [2.75, 3.05) is 43.9 Å². The molecule has 1 fully saturated rings. The number of hydrogen-bond acceptors (Lipinski definition) is 6. The number of morpholine rings is 1. The molecular formula is C17H22ClN5O. The average Bonchev–Trinajstić information content (AvgIpc) is 2.57. The van der Waals surface area contributed by atoms with E-state index >= 15 is 0 Å². The van der Waals surface area contributed by atoms with Gasteiger partial charge in [0.2, 0.25) is 5.95 Å². The van der Waals surface area contributed by atoms with Crippen molar-refractivity contribution in [3.05, 3.63) is 46.6 Å². The third kappa shape index (κ3) is 4.35. The molecule has 1 unspecified atom stereocenters. The second kappa shape index (κ2) is 7.79. The Bertz CT molecular complexity index is 653. The number of ether oxygens (including phenoxy) is 1. The largest absolute Gasteiger partial charge is 0.379 e. The summed E-state index contributed by atoms with van der Waals surface area (Å²) in [7, 11) is 0. The molecule has 24 heavy (non-hydrogen) atoms. The summed E-state index contributed by atoms with van der Waals surface area (Å²) >= 11 is 5.95. The van der Waals surface area contributed by atoms with Gasteiger partial charge in [0.15, 0.2) is 0 Å². The highest BCUT2D eigenvalue weighted by Gasteiger charge is 2.22. The summed E-state index contributed by atoms with van der Waals surface area (Å²) in [5.41, 5.74) is 8.18. The molecule has 1 atom stereocenters. The minimum absolute atomic E-state index is 0.170. The van der Waals surface area contributed by atoms with E-state index in [-0.39, 0.29) is 12.0 Å². The van der Waals surface area contributed by atoms with Crippen LogP contribution in [0.25, 0.3) is 0 Å². The number of anilines is 2. The number of benzene rings is 1. The van der Waals surface area contributed by atoms with Crippen molar-refractivity contribution in [1.29, 1.82) is 0 Å². The van der Waals surface area contributed by atoms with E-state index in [1.807, 2.05) is 0 Å². The summed E-state index contributed by atoms with van der Waals surface area (Å²) < 4.78 is 5.48. The van der Waals surface area contributed by atoms with Gasteiger partial charge in [-0.1, -0.05) is 41.4 Å². The van der Waals surface area contributed by atoms with Crippen molar-refractivity contribution in [3.63, 3.8) is 0 Å². The average molecular weight is 348 g/mol. The molecule has 1 aliphatic heterocycles. The summed E-state index contributed by atoms with van der Waals surface area (Å²) in [4.78, 5) is 10.5. The smallest absolute Gasteiger partial charge is 0.223 e. The molecular weight excluding hydrogens is 326 g/mol. The maximum atomic E-state index is 5.95. The van der Waals surface area contributed by atoms with Crippen molar-refractivity contribution in [1.82, 2.24) is 14.9 Å². The quantitative estimate of drug-likeness (QED) is 0.809. The van der Waals surface area contributed by atoms with Crippen LogP contribution in [0.3, 0.4) is 0 Å². The zero-order chi connectivity index (χ0) is 16.9. The van der Waals surface area contributed by atoms with Crippen LogP contribution in [0.1, 0.15) is 17.2 Å². The first-order chi connectivity index (χ1) is 11.6. The van der Waals surface area contributed by atoms with Gasteiger partial charge in [0.1, 0.15) is 11.0 Å². The van der Waals surface area contributed by atoms with Crippen LogP contribution < -0.4 is 11.1 Å². The van der Waals surface area contributed by atoms with Gasteiger partial charge < -0.3 is 15.8 Å². The lowest BCUT2D eigenvalue weighted by molar-refractivity contribution is 0.0187. The van der Waals surface area contributed by atoms with Gasteiger partial charge in [0.25, 0.3) is 0 Å². The first kappa shape index (κ1) is 17.0. The summed E-state index contributed by atoms with van der Waals surface area (Å²) in [5.74, 6) is 0.807. The summed E-state index contributed by atoms with van der Waals surface area (Å²) in [6, 6.07) is 10.6. The van der Waals surface area contributed by atoms with E-state index in [1.165, 1.54) is 11.1 Å². The number of nitrogens with two attached hydrogens (primary N) is 1. The standard InChI is InChI=1S/C17H22ClN5O/c1-12-2-4-13(5-3-12)14(23-6-8-24-9-7-23)11-20-16-10-15(18)21-17(19)22-16/h2-5,10,14H,6-9,11H2,1H3,(H3,19,20,21,22). The van der Waals surface area contributed by atoms with Gasteiger partial charge in [0.05, 0.1) is 19.3 Å². The monoisotopic (exact) mass is 347 g/mol. The van der Waals surface area contributed by atoms with Gasteiger partial charge in [-0.25, -0.2) is 4.98 Å². The Morgan fingerprint density at radius 2 is 1.96 bits per heavy atom. The lowest BCUT2D eigenvalue weighted by Crippen LogP contribution is -2.41. The Kier molecular flexibility index (Phi) is 5.50. The zero-order valence-corrected chi connectivity index (χ0v) is 14.5. The summed E-state index contributed by atoms with van der Waals surface area (Å²) in [5, 5.41) is 3.68. The highest BCUT2D eigenvalue weighted by Crippen LogP contribution is 2.23. The molecule has 7 heteroatoms. The van der Waals surface area contributed by atoms with Crippen LogP contribution >= 0.6 is 11.6 Å². The van der Waals surface area contributed by atoms with E-state index in [0.29, 0.717) is 17.5 Å². The Labute approximate surface area is 147 Å². The van der Waals surface area contributed by atoms with Gasteiger partial charge >= 0.3 is 0 Å². The van der Waals surface area contributed by atoms with Crippen molar-refractivity contribution in [2.24, 2.45) is 0 Å². The van der Waals surface area contributed by atoms with Crippen LogP contribution in [0.4, 0.5) is 11.8 Å². The highest BCUT2D eigenvalue weighted by molar-refractivity contribution is 6.29. The molecule has 2 heterocycles. The fourth-order valence-electron chi connectivity index (χ4n) is 2.86. The normalized spacial score (nSPS) is 16.8. The van der Waals surface area contributed by atoms with Crippen LogP contribution in [0, 0.1) is 6.92 Å². The highest BCUT2D eigenvalue weighted by atomic mass is 35.5. The molecule has 3 N–H and O–H groups in total. The fraction of sp³-hybridized carbons (Fsp3) is 0.412. The number of nitrogen functional groups attached to an aromatic ring is 1. The number of hydrogen-bond donors (Lipinski definition) is 2. The van der Waals surface area contributed by atoms with E-state index in [2.05, 4.69) is 51.4 Å². The van der Waals surface area contributed by atoms with Crippen LogP contribution in [-0.4, -0.2) is 47.7 Å². The number of aryl methyl sites for hydroxylation is 1. The number of halogens is 1. The fourth-order valence-corrected chi connectivity index (χ4v) is 3.05. The molecule has 3 rings (SSSR count). The van der Waals surface area contributed by atoms with E-state index in [1.54, 1.807) is 6.07 Å². The predicted molar refractivity (Wildman–Crippen MR) is 96.3 cm³/mol. The minimum Gasteiger partial charge on any atom is -0.379 e. The first-order valence-electron chi connectivity index (χ1n) is 8.04. The predicted octanol–water partition coefficient (Wildman–Crippen LogP) is 2.51. The van der Waals surface area contributed by atoms with Crippen molar-refractivity contribution < 1.29 is 4.74 Å². The van der Waals surface area contributed by atoms with Crippen molar-refractivity contribution in [2.45, 2.75) is 13.0 Å². The van der Waals surface area contributed by atoms with Gasteiger partial charge in [-0.3, -0.25) is 4.90 Å². The van der Waals surface area contributed by atoms with E-state index in [9.17, 15) is 0 Å². The number of nitrogens with one attached hydrogen (secondary N) is 1. The molecule has 0 radical (unpaired) electrons. The molecule has 0 bridgehead atoms. The van der Waals surface area contributed by atoms with Crippen LogP contribution in [0.5, 0.6) is 0 Å². The van der Waals surface area contributed by atoms with Crippen LogP contribution in [0.2, 0.25) is 5.15 Å². The van der Waals surface area contributed by atoms with Crippen molar-refractivity contribution in [3.8, 4) is 0 Å². The Morgan fingerprint density at radius 3 is 2.62 bits per heavy atom. The lowest BCUT2D eigenvalue weighted by Gasteiger charge is -2.35. The third-order valence-corrected chi connectivity index (χ3v) is 4.33. The third-order valence-electron chi connectivity index (χ3n) is 4.14. The van der Waals surface area contributed by atoms with Gasteiger partial charge in [-0.2, -0.15) is 4.98 Å². The molecule has 1 saturated heterocycles. The van der Waals surface area contributed by atoms with Gasteiger partial charge in [-0.15, -0.1) is 0 Å². The second-order valence-corrected chi connectivity index (χ2v) is 6.28. The van der Waals surface area contributed by atoms with E-state index < -0.39 is 0 Å². The Hall–Kier alpha value is -1.89. The maximum absolute atomic E-state index is 5.95. The van der Waals surface area contributed by atoms with Crippen molar-refractivity contribution >= 4 is 23.4 Å². The van der Waals surface area contributed by atoms with Crippen LogP contribution in [0.15, 0.2) is 30.3 Å². The molecule has 0 aliphatic carbocycles. The Balaban J connectivity index is 1.77. The number of rotatable bonds is 5. The summed E-state index contributed by atoms with van der Waals surface area (Å²) in [6.45, 7) is 6.14. The molecule has 128 valence electrons. The van der Waals surface area contributed by atoms with E-state index in [0.717, 1.165) is 26.3 Å². The molecule has 6 nitrogen and oxygen atoms in total. The first-order valence-corrected chi connectivity index (χ1v) is 8.42. The molecule has 1 aromatic heterocycles.